The molecule has 2 aromatic rings. The zero-order valence-corrected chi connectivity index (χ0v) is 11.2. The molecule has 1 heterocycles. The van der Waals surface area contributed by atoms with Gasteiger partial charge in [0.25, 0.3) is 0 Å². The fourth-order valence-electron chi connectivity index (χ4n) is 3.19. The molecule has 0 aliphatic heterocycles. The molecule has 3 rings (SSSR count). The van der Waals surface area contributed by atoms with E-state index in [4.69, 9.17) is 5.73 Å². The van der Waals surface area contributed by atoms with Crippen molar-refractivity contribution >= 4 is 17.0 Å². The quantitative estimate of drug-likeness (QED) is 0.877. The first kappa shape index (κ1) is 11.6. The highest BCUT2D eigenvalue weighted by atomic mass is 15.2. The van der Waals surface area contributed by atoms with Gasteiger partial charge in [0.2, 0.25) is 5.95 Å². The van der Waals surface area contributed by atoms with E-state index in [1.54, 1.807) is 0 Å². The van der Waals surface area contributed by atoms with Gasteiger partial charge in [-0.25, -0.2) is 4.98 Å². The Bertz CT molecular complexity index is 577. The second-order valence-corrected chi connectivity index (χ2v) is 6.07. The van der Waals surface area contributed by atoms with E-state index in [0.717, 1.165) is 12.1 Å². The Hall–Kier alpha value is -1.51. The lowest BCUT2D eigenvalue weighted by Crippen LogP contribution is -2.20. The van der Waals surface area contributed by atoms with Crippen LogP contribution in [0.25, 0.3) is 11.0 Å². The van der Waals surface area contributed by atoms with Crippen LogP contribution < -0.4 is 5.73 Å². The van der Waals surface area contributed by atoms with Gasteiger partial charge in [0, 0.05) is 6.54 Å². The number of hydrogen-bond acceptors (Lipinski definition) is 2. The molecular formula is C15H21N3. The van der Waals surface area contributed by atoms with Crippen molar-refractivity contribution < 1.29 is 0 Å². The summed E-state index contributed by atoms with van der Waals surface area (Å²) in [5.41, 5.74) is 9.95. The molecule has 3 heteroatoms. The van der Waals surface area contributed by atoms with E-state index in [1.165, 1.54) is 36.8 Å². The van der Waals surface area contributed by atoms with Gasteiger partial charge in [-0.15, -0.1) is 0 Å². The first-order valence-corrected chi connectivity index (χ1v) is 6.80. The summed E-state index contributed by atoms with van der Waals surface area (Å²) in [5.74, 6) is 0.656. The van der Waals surface area contributed by atoms with Gasteiger partial charge in [0.05, 0.1) is 11.0 Å². The van der Waals surface area contributed by atoms with Crippen molar-refractivity contribution in [2.24, 2.45) is 5.41 Å². The number of aromatic nitrogens is 2. The molecule has 0 unspecified atom stereocenters. The lowest BCUT2D eigenvalue weighted by Gasteiger charge is -2.24. The van der Waals surface area contributed by atoms with Crippen LogP contribution in [0, 0.1) is 12.3 Å². The maximum Gasteiger partial charge on any atom is 0.201 e. The number of nitrogen functional groups attached to an aromatic ring is 1. The highest BCUT2D eigenvalue weighted by Crippen LogP contribution is 2.40. The fraction of sp³-hybridized carbons (Fsp3) is 0.533. The molecule has 2 N–H and O–H groups in total. The van der Waals surface area contributed by atoms with Crippen molar-refractivity contribution in [2.75, 3.05) is 5.73 Å². The maximum atomic E-state index is 6.09. The number of fused-ring (bicyclic) bond motifs is 1. The van der Waals surface area contributed by atoms with Crippen molar-refractivity contribution in [3.8, 4) is 0 Å². The summed E-state index contributed by atoms with van der Waals surface area (Å²) in [7, 11) is 0. The van der Waals surface area contributed by atoms with Gasteiger partial charge < -0.3 is 10.3 Å². The first-order valence-electron chi connectivity index (χ1n) is 6.80. The Morgan fingerprint density at radius 1 is 1.33 bits per heavy atom. The van der Waals surface area contributed by atoms with Crippen molar-refractivity contribution in [1.29, 1.82) is 0 Å². The number of hydrogen-bond donors (Lipinski definition) is 1. The van der Waals surface area contributed by atoms with E-state index >= 15 is 0 Å². The first-order chi connectivity index (χ1) is 8.57. The average molecular weight is 243 g/mol. The summed E-state index contributed by atoms with van der Waals surface area (Å²) in [6, 6.07) is 6.35. The monoisotopic (exact) mass is 243 g/mol. The van der Waals surface area contributed by atoms with Crippen LogP contribution in [0.2, 0.25) is 0 Å². The summed E-state index contributed by atoms with van der Waals surface area (Å²) in [6.07, 6.45) is 5.31. The molecule has 1 saturated carbocycles. The van der Waals surface area contributed by atoms with Crippen molar-refractivity contribution in [1.82, 2.24) is 9.55 Å². The molecule has 0 spiro atoms. The zero-order chi connectivity index (χ0) is 12.8. The van der Waals surface area contributed by atoms with E-state index in [-0.39, 0.29) is 0 Å². The molecule has 3 nitrogen and oxygen atoms in total. The third kappa shape index (κ3) is 1.88. The summed E-state index contributed by atoms with van der Waals surface area (Å²) in [6.45, 7) is 5.49. The molecule has 0 saturated heterocycles. The molecule has 96 valence electrons. The van der Waals surface area contributed by atoms with E-state index in [1.807, 2.05) is 0 Å². The van der Waals surface area contributed by atoms with Gasteiger partial charge in [0.1, 0.15) is 0 Å². The van der Waals surface area contributed by atoms with Crippen LogP contribution in [0.3, 0.4) is 0 Å². The van der Waals surface area contributed by atoms with Gasteiger partial charge in [-0.1, -0.05) is 25.8 Å². The van der Waals surface area contributed by atoms with Crippen LogP contribution in [-0.2, 0) is 6.54 Å². The molecule has 18 heavy (non-hydrogen) atoms. The molecule has 1 aromatic carbocycles. The van der Waals surface area contributed by atoms with Gasteiger partial charge in [-0.3, -0.25) is 0 Å². The largest absolute Gasteiger partial charge is 0.369 e. The molecule has 1 aliphatic rings. The van der Waals surface area contributed by atoms with Gasteiger partial charge in [-0.05, 0) is 42.9 Å². The lowest BCUT2D eigenvalue weighted by molar-refractivity contribution is 0.287. The average Bonchev–Trinajstić information content (AvgIpc) is 2.86. The standard InChI is InChI=1S/C15H21N3/c1-11-5-6-12-13(9-11)18(14(16)17-12)10-15(2)7-3-4-8-15/h5-6,9H,3-4,7-8,10H2,1-2H3,(H2,16,17). The van der Waals surface area contributed by atoms with Gasteiger partial charge in [-0.2, -0.15) is 0 Å². The van der Waals surface area contributed by atoms with Crippen molar-refractivity contribution in [2.45, 2.75) is 46.1 Å². The van der Waals surface area contributed by atoms with E-state index < -0.39 is 0 Å². The topological polar surface area (TPSA) is 43.8 Å². The summed E-state index contributed by atoms with van der Waals surface area (Å²) in [4.78, 5) is 4.47. The fourth-order valence-corrected chi connectivity index (χ4v) is 3.19. The van der Waals surface area contributed by atoms with Crippen molar-refractivity contribution in [3.05, 3.63) is 23.8 Å². The van der Waals surface area contributed by atoms with Crippen LogP contribution in [0.5, 0.6) is 0 Å². The SMILES string of the molecule is Cc1ccc2nc(N)n(CC3(C)CCCC3)c2c1. The van der Waals surface area contributed by atoms with Crippen molar-refractivity contribution in [3.63, 3.8) is 0 Å². The number of nitrogens with zero attached hydrogens (tertiary/aromatic N) is 2. The van der Waals surface area contributed by atoms with Crippen LogP contribution >= 0.6 is 0 Å². The highest BCUT2D eigenvalue weighted by molar-refractivity contribution is 5.79. The van der Waals surface area contributed by atoms with E-state index in [0.29, 0.717) is 11.4 Å². The highest BCUT2D eigenvalue weighted by Gasteiger charge is 2.30. The molecule has 0 atom stereocenters. The number of nitrogens with two attached hydrogens (primary N) is 1. The summed E-state index contributed by atoms with van der Waals surface area (Å²) >= 11 is 0. The zero-order valence-electron chi connectivity index (χ0n) is 11.2. The van der Waals surface area contributed by atoms with Gasteiger partial charge >= 0.3 is 0 Å². The second kappa shape index (κ2) is 4.01. The third-order valence-electron chi connectivity index (χ3n) is 4.28. The van der Waals surface area contributed by atoms with Gasteiger partial charge in [0.15, 0.2) is 0 Å². The third-order valence-corrected chi connectivity index (χ3v) is 4.28. The molecule has 0 radical (unpaired) electrons. The molecule has 1 aromatic heterocycles. The number of imidazole rings is 1. The van der Waals surface area contributed by atoms with Crippen LogP contribution in [0.15, 0.2) is 18.2 Å². The summed E-state index contributed by atoms with van der Waals surface area (Å²) in [5, 5.41) is 0. The number of anilines is 1. The Balaban J connectivity index is 2.05. The molecule has 1 fully saturated rings. The Labute approximate surface area is 108 Å². The normalized spacial score (nSPS) is 18.6. The smallest absolute Gasteiger partial charge is 0.201 e. The Morgan fingerprint density at radius 3 is 2.78 bits per heavy atom. The minimum absolute atomic E-state index is 0.394. The van der Waals surface area contributed by atoms with E-state index in [9.17, 15) is 0 Å². The predicted molar refractivity (Wildman–Crippen MR) is 75.5 cm³/mol. The Morgan fingerprint density at radius 2 is 2.06 bits per heavy atom. The van der Waals surface area contributed by atoms with Crippen LogP contribution in [0.1, 0.15) is 38.2 Å². The van der Waals surface area contributed by atoms with E-state index in [2.05, 4.69) is 41.6 Å². The molecule has 0 bridgehead atoms. The minimum atomic E-state index is 0.394. The Kier molecular flexibility index (Phi) is 2.58. The van der Waals surface area contributed by atoms with Crippen LogP contribution in [0.4, 0.5) is 5.95 Å². The lowest BCUT2D eigenvalue weighted by atomic mass is 9.89. The maximum absolute atomic E-state index is 6.09. The van der Waals surface area contributed by atoms with Crippen LogP contribution in [-0.4, -0.2) is 9.55 Å². The number of benzene rings is 1. The minimum Gasteiger partial charge on any atom is -0.369 e. The predicted octanol–water partition coefficient (Wildman–Crippen LogP) is 3.51. The molecule has 0 amide bonds. The number of rotatable bonds is 2. The molecule has 1 aliphatic carbocycles. The summed E-state index contributed by atoms with van der Waals surface area (Å²) < 4.78 is 2.20. The molecular weight excluding hydrogens is 222 g/mol. The number of aryl methyl sites for hydroxylation is 1. The second-order valence-electron chi connectivity index (χ2n) is 6.07.